The van der Waals surface area contributed by atoms with E-state index in [0.29, 0.717) is 12.1 Å². The van der Waals surface area contributed by atoms with E-state index in [0.717, 1.165) is 18.2 Å². The fourth-order valence-electron chi connectivity index (χ4n) is 3.92. The highest BCUT2D eigenvalue weighted by molar-refractivity contribution is 5.92. The Morgan fingerprint density at radius 3 is 2.05 bits per heavy atom. The number of nitrogens with zero attached hydrogens (tertiary/aromatic N) is 1. The largest absolute Gasteiger partial charge is 0.456 e. The summed E-state index contributed by atoms with van der Waals surface area (Å²) < 4.78 is 83.4. The zero-order valence-electron chi connectivity index (χ0n) is 22.4. The van der Waals surface area contributed by atoms with Crippen LogP contribution in [0.2, 0.25) is 0 Å². The molecule has 0 bridgehead atoms. The van der Waals surface area contributed by atoms with Gasteiger partial charge in [0.25, 0.3) is 0 Å². The molecule has 234 valence electrons. The number of amides is 3. The van der Waals surface area contributed by atoms with Crippen molar-refractivity contribution in [3.8, 4) is 0 Å². The molecule has 3 amide bonds. The molecular formula is C25H32F6N6O5. The molecule has 0 fully saturated rings. The number of furan rings is 1. The lowest BCUT2D eigenvalue weighted by Crippen LogP contribution is -2.55. The second kappa shape index (κ2) is 14.5. The number of hydrogen-bond acceptors (Lipinski definition) is 8. The minimum absolute atomic E-state index is 0.0982. The fraction of sp³-hybridized carbons (Fsp3) is 0.480. The molecule has 42 heavy (non-hydrogen) atoms. The number of aliphatic hydroxyl groups is 1. The zero-order valence-corrected chi connectivity index (χ0v) is 22.4. The highest BCUT2D eigenvalue weighted by Gasteiger charge is 2.39. The molecule has 0 aliphatic carbocycles. The van der Waals surface area contributed by atoms with Gasteiger partial charge in [-0.2, -0.15) is 26.3 Å². The summed E-state index contributed by atoms with van der Waals surface area (Å²) in [6, 6.07) is 0.518. The zero-order chi connectivity index (χ0) is 31.8. The van der Waals surface area contributed by atoms with Crippen molar-refractivity contribution in [2.75, 3.05) is 26.2 Å². The quantitative estimate of drug-likeness (QED) is 0.181. The van der Waals surface area contributed by atoms with Gasteiger partial charge < -0.3 is 42.3 Å². The van der Waals surface area contributed by atoms with Gasteiger partial charge in [-0.15, -0.1) is 0 Å². The molecule has 9 N–H and O–H groups in total. The molecule has 2 rings (SSSR count). The first-order valence-electron chi connectivity index (χ1n) is 12.5. The summed E-state index contributed by atoms with van der Waals surface area (Å²) in [4.78, 5) is 39.7. The van der Waals surface area contributed by atoms with Crippen LogP contribution in [0.5, 0.6) is 0 Å². The molecule has 0 spiro atoms. The van der Waals surface area contributed by atoms with Crippen LogP contribution in [-0.4, -0.2) is 66.0 Å². The van der Waals surface area contributed by atoms with E-state index in [4.69, 9.17) is 17.2 Å². The second-order valence-electron chi connectivity index (χ2n) is 9.25. The molecule has 1 aromatic carbocycles. The maximum absolute atomic E-state index is 13.3. The van der Waals surface area contributed by atoms with Crippen LogP contribution in [0.1, 0.15) is 40.7 Å². The summed E-state index contributed by atoms with van der Waals surface area (Å²) in [5.41, 5.74) is 15.0. The van der Waals surface area contributed by atoms with Gasteiger partial charge in [0.2, 0.25) is 23.5 Å². The number of aliphatic hydroxyl groups excluding tert-OH is 1. The van der Waals surface area contributed by atoms with Crippen molar-refractivity contribution in [3.63, 3.8) is 0 Å². The van der Waals surface area contributed by atoms with E-state index < -0.39 is 78.1 Å². The van der Waals surface area contributed by atoms with Gasteiger partial charge in [0.05, 0.1) is 18.0 Å². The number of aryl methyl sites for hydroxylation is 1. The smallest absolute Gasteiger partial charge is 0.449 e. The molecule has 0 saturated carbocycles. The normalized spacial score (nSPS) is 14.2. The number of hydrogen-bond donors (Lipinski definition) is 6. The minimum atomic E-state index is -4.89. The molecule has 0 saturated heterocycles. The molecule has 0 aliphatic rings. The number of carbonyl (C=O) groups is 3. The van der Waals surface area contributed by atoms with Crippen molar-refractivity contribution in [3.05, 3.63) is 58.5 Å². The Bertz CT molecular complexity index is 1210. The summed E-state index contributed by atoms with van der Waals surface area (Å²) in [6.07, 6.45) is -12.1. The molecule has 3 atom stereocenters. The summed E-state index contributed by atoms with van der Waals surface area (Å²) in [6.45, 7) is 0.949. The van der Waals surface area contributed by atoms with Crippen LogP contribution < -0.4 is 27.8 Å². The molecule has 0 radical (unpaired) electrons. The topological polar surface area (TPSA) is 190 Å². The number of carbonyl (C=O) groups excluding carboxylic acids is 3. The van der Waals surface area contributed by atoms with Crippen molar-refractivity contribution in [2.45, 2.75) is 50.4 Å². The van der Waals surface area contributed by atoms with E-state index in [9.17, 15) is 45.8 Å². The third kappa shape index (κ3) is 9.43. The van der Waals surface area contributed by atoms with E-state index in [-0.39, 0.29) is 37.5 Å². The molecule has 17 heteroatoms. The Labute approximate surface area is 236 Å². The Kier molecular flexibility index (Phi) is 11.9. The summed E-state index contributed by atoms with van der Waals surface area (Å²) in [5, 5.41) is 15.2. The maximum atomic E-state index is 13.3. The molecule has 2 aromatic rings. The first-order chi connectivity index (χ1) is 19.5. The van der Waals surface area contributed by atoms with Crippen molar-refractivity contribution >= 4 is 17.7 Å². The Balaban J connectivity index is 2.29. The summed E-state index contributed by atoms with van der Waals surface area (Å²) in [7, 11) is 0. The Morgan fingerprint density at radius 1 is 0.976 bits per heavy atom. The number of alkyl halides is 6. The molecule has 0 unspecified atom stereocenters. The van der Waals surface area contributed by atoms with Gasteiger partial charge in [-0.3, -0.25) is 14.4 Å². The second-order valence-corrected chi connectivity index (χ2v) is 9.25. The monoisotopic (exact) mass is 610 g/mol. The summed E-state index contributed by atoms with van der Waals surface area (Å²) in [5.74, 6) is -4.37. The van der Waals surface area contributed by atoms with E-state index in [1.165, 1.54) is 11.8 Å². The molecule has 1 aromatic heterocycles. The minimum Gasteiger partial charge on any atom is -0.456 e. The van der Waals surface area contributed by atoms with E-state index in [1.807, 2.05) is 0 Å². The van der Waals surface area contributed by atoms with E-state index in [2.05, 4.69) is 15.1 Å². The average molecular weight is 611 g/mol. The van der Waals surface area contributed by atoms with Crippen molar-refractivity contribution in [1.82, 2.24) is 15.5 Å². The van der Waals surface area contributed by atoms with Crippen LogP contribution in [0.25, 0.3) is 0 Å². The lowest BCUT2D eigenvalue weighted by molar-refractivity contribution is -0.154. The van der Waals surface area contributed by atoms with Gasteiger partial charge in [0, 0.05) is 38.3 Å². The van der Waals surface area contributed by atoms with Gasteiger partial charge in [-0.25, -0.2) is 0 Å². The highest BCUT2D eigenvalue weighted by atomic mass is 19.4. The fourth-order valence-corrected chi connectivity index (χ4v) is 3.92. The third-order valence-corrected chi connectivity index (χ3v) is 6.00. The molecule has 11 nitrogen and oxygen atoms in total. The predicted octanol–water partition coefficient (Wildman–Crippen LogP) is 0.924. The Hall–Kier alpha value is -3.67. The van der Waals surface area contributed by atoms with Gasteiger partial charge >= 0.3 is 12.4 Å². The first kappa shape index (κ1) is 34.5. The molecule has 0 aliphatic heterocycles. The van der Waals surface area contributed by atoms with Gasteiger partial charge in [-0.1, -0.05) is 12.1 Å². The lowest BCUT2D eigenvalue weighted by atomic mass is 9.99. The molecular weight excluding hydrogens is 578 g/mol. The van der Waals surface area contributed by atoms with Gasteiger partial charge in [0.15, 0.2) is 0 Å². The van der Waals surface area contributed by atoms with Crippen LogP contribution in [-0.2, 0) is 33.3 Å². The number of nitrogens with two attached hydrogens (primary N) is 3. The van der Waals surface area contributed by atoms with Crippen LogP contribution in [0, 0.1) is 6.92 Å². The van der Waals surface area contributed by atoms with Crippen LogP contribution in [0.15, 0.2) is 34.7 Å². The molecule has 1 heterocycles. The van der Waals surface area contributed by atoms with Crippen molar-refractivity contribution in [2.24, 2.45) is 17.2 Å². The number of nitrogens with one attached hydrogen (secondary N) is 2. The van der Waals surface area contributed by atoms with Crippen molar-refractivity contribution in [1.29, 1.82) is 0 Å². The standard InChI is InChI=1S/C25H32F6N6O5/c1-13-10-15(21(42-13)25(29,30)31)12-35-23(41)19(20(39)14-2-4-16(5-3-14)24(26,27)28)36-22(40)17(34)11-18(38)37(8-6-32)9-7-33/h2-5,10,17,19-20,39H,6-9,11-12,32-34H2,1H3,(H,35,41)(H,36,40)/t17-,19-,20+/m0/s1. The SMILES string of the molecule is Cc1cc(CNC(=O)[C@@H](NC(=O)[C@@H](N)CC(=O)N(CCN)CCN)[C@H](O)c2ccc(C(F)(F)F)cc2)c(C(F)(F)F)o1. The van der Waals surface area contributed by atoms with Crippen LogP contribution in [0.4, 0.5) is 26.3 Å². The number of benzene rings is 1. The van der Waals surface area contributed by atoms with Crippen LogP contribution >= 0.6 is 0 Å². The van der Waals surface area contributed by atoms with Crippen molar-refractivity contribution < 1.29 is 50.2 Å². The number of rotatable bonds is 13. The predicted molar refractivity (Wildman–Crippen MR) is 136 cm³/mol. The van der Waals surface area contributed by atoms with Gasteiger partial charge in [-0.05, 0) is 30.7 Å². The maximum Gasteiger partial charge on any atom is 0.449 e. The number of halogens is 6. The lowest BCUT2D eigenvalue weighted by Gasteiger charge is -2.26. The highest BCUT2D eigenvalue weighted by Crippen LogP contribution is 2.34. The Morgan fingerprint density at radius 2 is 1.55 bits per heavy atom. The van der Waals surface area contributed by atoms with Gasteiger partial charge in [0.1, 0.15) is 17.9 Å². The summed E-state index contributed by atoms with van der Waals surface area (Å²) >= 11 is 0. The van der Waals surface area contributed by atoms with Crippen LogP contribution in [0.3, 0.4) is 0 Å². The first-order valence-corrected chi connectivity index (χ1v) is 12.5. The third-order valence-electron chi connectivity index (χ3n) is 6.00. The van der Waals surface area contributed by atoms with E-state index in [1.54, 1.807) is 0 Å². The average Bonchev–Trinajstić information content (AvgIpc) is 3.30. The van der Waals surface area contributed by atoms with E-state index >= 15 is 0 Å².